The average Bonchev–Trinajstić information content (AvgIpc) is 2.50. The van der Waals surface area contributed by atoms with Crippen LogP contribution in [0.5, 0.6) is 5.75 Å². The predicted octanol–water partition coefficient (Wildman–Crippen LogP) is 4.24. The summed E-state index contributed by atoms with van der Waals surface area (Å²) >= 11 is 9.36. The maximum absolute atomic E-state index is 12.3. The minimum atomic E-state index is -0.415. The number of methoxy groups -OCH3 is 1. The number of nitriles is 1. The Kier molecular flexibility index (Phi) is 4.84. The van der Waals surface area contributed by atoms with Crippen molar-refractivity contribution < 1.29 is 9.53 Å². The predicted molar refractivity (Wildman–Crippen MR) is 84.8 cm³/mol. The van der Waals surface area contributed by atoms with Crippen LogP contribution in [0.15, 0.2) is 40.9 Å². The molecule has 0 bridgehead atoms. The lowest BCUT2D eigenvalue weighted by molar-refractivity contribution is 0.102. The Morgan fingerprint density at radius 2 is 2.05 bits per heavy atom. The first kappa shape index (κ1) is 15.4. The van der Waals surface area contributed by atoms with E-state index < -0.39 is 5.91 Å². The second-order valence-corrected chi connectivity index (χ2v) is 5.28. The summed E-state index contributed by atoms with van der Waals surface area (Å²) in [6.07, 6.45) is 0. The average molecular weight is 366 g/mol. The van der Waals surface area contributed by atoms with E-state index in [2.05, 4.69) is 21.2 Å². The summed E-state index contributed by atoms with van der Waals surface area (Å²) in [4.78, 5) is 12.3. The zero-order valence-electron chi connectivity index (χ0n) is 11.0. The van der Waals surface area contributed by atoms with Crippen LogP contribution in [-0.2, 0) is 0 Å². The Morgan fingerprint density at radius 3 is 2.71 bits per heavy atom. The molecule has 0 spiro atoms. The van der Waals surface area contributed by atoms with Gasteiger partial charge in [-0.25, -0.2) is 0 Å². The molecule has 2 rings (SSSR count). The van der Waals surface area contributed by atoms with E-state index in [4.69, 9.17) is 21.6 Å². The molecule has 6 heteroatoms. The standard InChI is InChI=1S/C15H10BrClN2O2/c1-21-12-7-2-4-9(8-18)14(12)19-15(20)10-5-3-6-11(16)13(10)17/h2-7H,1H3,(H,19,20). The highest BCUT2D eigenvalue weighted by Gasteiger charge is 2.16. The first-order chi connectivity index (χ1) is 10.1. The largest absolute Gasteiger partial charge is 0.495 e. The van der Waals surface area contributed by atoms with Crippen LogP contribution in [0.25, 0.3) is 0 Å². The lowest BCUT2D eigenvalue weighted by Crippen LogP contribution is -2.14. The third kappa shape index (κ3) is 3.18. The maximum atomic E-state index is 12.3. The van der Waals surface area contributed by atoms with Crippen molar-refractivity contribution in [1.29, 1.82) is 5.26 Å². The lowest BCUT2D eigenvalue weighted by atomic mass is 10.1. The molecule has 0 aliphatic rings. The van der Waals surface area contributed by atoms with E-state index in [0.717, 1.165) is 0 Å². The number of hydrogen-bond acceptors (Lipinski definition) is 3. The molecule has 0 fully saturated rings. The molecule has 0 aliphatic heterocycles. The van der Waals surface area contributed by atoms with Gasteiger partial charge in [-0.1, -0.05) is 23.7 Å². The number of nitrogens with one attached hydrogen (secondary N) is 1. The Bertz CT molecular complexity index is 741. The Morgan fingerprint density at radius 1 is 1.33 bits per heavy atom. The number of hydrogen-bond donors (Lipinski definition) is 1. The van der Waals surface area contributed by atoms with E-state index in [-0.39, 0.29) is 0 Å². The molecule has 21 heavy (non-hydrogen) atoms. The van der Waals surface area contributed by atoms with Gasteiger partial charge in [0.15, 0.2) is 0 Å². The third-order valence-corrected chi connectivity index (χ3v) is 4.10. The normalized spacial score (nSPS) is 9.81. The van der Waals surface area contributed by atoms with Crippen LogP contribution in [0.2, 0.25) is 5.02 Å². The molecule has 0 atom stereocenters. The molecule has 1 N–H and O–H groups in total. The Hall–Kier alpha value is -2.03. The van der Waals surface area contributed by atoms with Crippen LogP contribution >= 0.6 is 27.5 Å². The van der Waals surface area contributed by atoms with Crippen LogP contribution < -0.4 is 10.1 Å². The summed E-state index contributed by atoms with van der Waals surface area (Å²) < 4.78 is 5.79. The molecule has 0 aliphatic carbocycles. The highest BCUT2D eigenvalue weighted by atomic mass is 79.9. The fourth-order valence-corrected chi connectivity index (χ4v) is 2.36. The van der Waals surface area contributed by atoms with E-state index in [1.54, 1.807) is 36.4 Å². The SMILES string of the molecule is COc1cccc(C#N)c1NC(=O)c1cccc(Br)c1Cl. The van der Waals surface area contributed by atoms with Gasteiger partial charge in [0.05, 0.1) is 23.3 Å². The number of rotatable bonds is 3. The summed E-state index contributed by atoms with van der Waals surface area (Å²) in [5.74, 6) is -0.00387. The summed E-state index contributed by atoms with van der Waals surface area (Å²) in [7, 11) is 1.47. The quantitative estimate of drug-likeness (QED) is 0.885. The summed E-state index contributed by atoms with van der Waals surface area (Å²) in [5.41, 5.74) is 0.943. The number of ether oxygens (including phenoxy) is 1. The third-order valence-electron chi connectivity index (χ3n) is 2.80. The summed E-state index contributed by atoms with van der Waals surface area (Å²) in [6, 6.07) is 12.0. The second kappa shape index (κ2) is 6.61. The van der Waals surface area contributed by atoms with Gasteiger partial charge in [-0.2, -0.15) is 5.26 Å². The van der Waals surface area contributed by atoms with Crippen LogP contribution in [0.1, 0.15) is 15.9 Å². The van der Waals surface area contributed by atoms with Gasteiger partial charge in [0, 0.05) is 4.47 Å². The highest BCUT2D eigenvalue weighted by molar-refractivity contribution is 9.10. The molecule has 4 nitrogen and oxygen atoms in total. The minimum Gasteiger partial charge on any atom is -0.495 e. The number of amides is 1. The number of anilines is 1. The Labute approximate surface area is 135 Å². The zero-order chi connectivity index (χ0) is 15.4. The number of para-hydroxylation sites is 1. The van der Waals surface area contributed by atoms with Gasteiger partial charge >= 0.3 is 0 Å². The number of nitrogens with zero attached hydrogens (tertiary/aromatic N) is 1. The van der Waals surface area contributed by atoms with Crippen LogP contribution in [0.3, 0.4) is 0 Å². The van der Waals surface area contributed by atoms with Crippen molar-refractivity contribution in [2.45, 2.75) is 0 Å². The Balaban J connectivity index is 2.41. The molecule has 0 heterocycles. The topological polar surface area (TPSA) is 62.1 Å². The lowest BCUT2D eigenvalue weighted by Gasteiger charge is -2.12. The van der Waals surface area contributed by atoms with Crippen molar-refractivity contribution in [2.24, 2.45) is 0 Å². The molecular weight excluding hydrogens is 356 g/mol. The fraction of sp³-hybridized carbons (Fsp3) is 0.0667. The molecule has 2 aromatic carbocycles. The molecule has 0 saturated carbocycles. The van der Waals surface area contributed by atoms with Gasteiger partial charge in [0.2, 0.25) is 0 Å². The van der Waals surface area contributed by atoms with Crippen LogP contribution in [0.4, 0.5) is 5.69 Å². The first-order valence-corrected chi connectivity index (χ1v) is 7.08. The monoisotopic (exact) mass is 364 g/mol. The van der Waals surface area contributed by atoms with E-state index in [1.165, 1.54) is 7.11 Å². The number of halogens is 2. The van der Waals surface area contributed by atoms with Crippen molar-refractivity contribution in [1.82, 2.24) is 0 Å². The van der Waals surface area contributed by atoms with E-state index >= 15 is 0 Å². The van der Waals surface area contributed by atoms with Gasteiger partial charge in [-0.15, -0.1) is 0 Å². The van der Waals surface area contributed by atoms with E-state index in [1.807, 2.05) is 6.07 Å². The number of carbonyl (C=O) groups is 1. The number of carbonyl (C=O) groups excluding carboxylic acids is 1. The smallest absolute Gasteiger partial charge is 0.257 e. The van der Waals surface area contributed by atoms with Crippen molar-refractivity contribution in [3.63, 3.8) is 0 Å². The van der Waals surface area contributed by atoms with Gasteiger partial charge < -0.3 is 10.1 Å². The van der Waals surface area contributed by atoms with Crippen molar-refractivity contribution in [2.75, 3.05) is 12.4 Å². The molecule has 106 valence electrons. The van der Waals surface area contributed by atoms with Gasteiger partial charge in [0.25, 0.3) is 5.91 Å². The fourth-order valence-electron chi connectivity index (χ4n) is 1.78. The zero-order valence-corrected chi connectivity index (χ0v) is 13.3. The van der Waals surface area contributed by atoms with Gasteiger partial charge in [0.1, 0.15) is 17.5 Å². The van der Waals surface area contributed by atoms with E-state index in [9.17, 15) is 4.79 Å². The summed E-state index contributed by atoms with van der Waals surface area (Å²) in [5, 5.41) is 12.1. The number of benzene rings is 2. The first-order valence-electron chi connectivity index (χ1n) is 5.91. The molecule has 0 aromatic heterocycles. The van der Waals surface area contributed by atoms with Crippen LogP contribution in [-0.4, -0.2) is 13.0 Å². The minimum absolute atomic E-state index is 0.306. The second-order valence-electron chi connectivity index (χ2n) is 4.05. The molecular formula is C15H10BrClN2O2. The van der Waals surface area contributed by atoms with Gasteiger partial charge in [-0.05, 0) is 40.2 Å². The highest BCUT2D eigenvalue weighted by Crippen LogP contribution is 2.30. The molecule has 1 amide bonds. The molecule has 0 radical (unpaired) electrons. The van der Waals surface area contributed by atoms with Crippen molar-refractivity contribution in [3.8, 4) is 11.8 Å². The molecule has 0 saturated heterocycles. The van der Waals surface area contributed by atoms with Crippen LogP contribution in [0, 0.1) is 11.3 Å². The van der Waals surface area contributed by atoms with Crippen molar-refractivity contribution >= 4 is 39.1 Å². The summed E-state index contributed by atoms with van der Waals surface area (Å²) in [6.45, 7) is 0. The van der Waals surface area contributed by atoms with Crippen molar-refractivity contribution in [3.05, 3.63) is 57.0 Å². The molecule has 0 unspecified atom stereocenters. The van der Waals surface area contributed by atoms with E-state index in [0.29, 0.717) is 32.1 Å². The maximum Gasteiger partial charge on any atom is 0.257 e. The van der Waals surface area contributed by atoms with Gasteiger partial charge in [-0.3, -0.25) is 4.79 Å². The molecule has 2 aromatic rings.